The average molecular weight is 248 g/mol. The molecule has 1 heterocycles. The summed E-state index contributed by atoms with van der Waals surface area (Å²) < 4.78 is 6.39. The first kappa shape index (κ1) is 10.6. The van der Waals surface area contributed by atoms with Gasteiger partial charge in [0.05, 0.1) is 13.0 Å². The minimum atomic E-state index is -0.685. The Balaban J connectivity index is 2.07. The molecule has 0 fully saturated rings. The van der Waals surface area contributed by atoms with Crippen LogP contribution in [0.15, 0.2) is 18.2 Å². The maximum atomic E-state index is 11.0. The molecule has 0 aliphatic heterocycles. The molecule has 1 aromatic heterocycles. The molecule has 1 unspecified atom stereocenters. The summed E-state index contributed by atoms with van der Waals surface area (Å²) in [5.74, 6) is -0.0648. The van der Waals surface area contributed by atoms with Crippen molar-refractivity contribution in [3.8, 4) is 5.75 Å². The molecule has 3 nitrogen and oxygen atoms in total. The number of hydrogen-bond donors (Lipinski definition) is 1. The van der Waals surface area contributed by atoms with Crippen molar-refractivity contribution in [2.24, 2.45) is 5.92 Å². The lowest BCUT2D eigenvalue weighted by atomic mass is 10.1. The van der Waals surface area contributed by atoms with E-state index in [1.54, 1.807) is 18.4 Å². The first-order valence-electron chi connectivity index (χ1n) is 5.50. The van der Waals surface area contributed by atoms with E-state index in [1.807, 2.05) is 18.2 Å². The van der Waals surface area contributed by atoms with Crippen LogP contribution < -0.4 is 4.74 Å². The molecule has 1 N–H and O–H groups in total. The molecule has 0 spiro atoms. The minimum Gasteiger partial charge on any atom is -0.497 e. The number of methoxy groups -OCH3 is 1. The van der Waals surface area contributed by atoms with Crippen LogP contribution in [-0.2, 0) is 17.6 Å². The highest BCUT2D eigenvalue weighted by Crippen LogP contribution is 2.40. The van der Waals surface area contributed by atoms with Gasteiger partial charge in [-0.05, 0) is 42.0 Å². The molecule has 0 radical (unpaired) electrons. The summed E-state index contributed by atoms with van der Waals surface area (Å²) in [6, 6.07) is 5.99. The molecule has 0 bridgehead atoms. The molecule has 1 aliphatic carbocycles. The van der Waals surface area contributed by atoms with Gasteiger partial charge < -0.3 is 9.84 Å². The number of carboxylic acid groups (broad SMARTS) is 1. The highest BCUT2D eigenvalue weighted by molar-refractivity contribution is 7.19. The molecule has 3 rings (SSSR count). The van der Waals surface area contributed by atoms with Gasteiger partial charge in [0.2, 0.25) is 0 Å². The van der Waals surface area contributed by atoms with Gasteiger partial charge in [-0.25, -0.2) is 0 Å². The lowest BCUT2D eigenvalue weighted by Crippen LogP contribution is -2.13. The number of hydrogen-bond acceptors (Lipinski definition) is 3. The molecule has 0 saturated heterocycles. The number of benzene rings is 1. The second-order valence-corrected chi connectivity index (χ2v) is 5.45. The van der Waals surface area contributed by atoms with E-state index in [1.165, 1.54) is 20.5 Å². The maximum Gasteiger partial charge on any atom is 0.307 e. The Kier molecular flexibility index (Phi) is 2.33. The normalized spacial score (nSPS) is 18.3. The van der Waals surface area contributed by atoms with Gasteiger partial charge >= 0.3 is 5.97 Å². The smallest absolute Gasteiger partial charge is 0.307 e. The zero-order valence-corrected chi connectivity index (χ0v) is 10.2. The van der Waals surface area contributed by atoms with Crippen LogP contribution in [0.5, 0.6) is 5.75 Å². The van der Waals surface area contributed by atoms with Gasteiger partial charge in [0.15, 0.2) is 0 Å². The SMILES string of the molecule is COc1ccc2c3c(sc2c1)CC(C(=O)O)C3. The second kappa shape index (κ2) is 3.74. The fourth-order valence-electron chi connectivity index (χ4n) is 2.41. The number of aliphatic carboxylic acids is 1. The van der Waals surface area contributed by atoms with Crippen molar-refractivity contribution >= 4 is 27.4 Å². The van der Waals surface area contributed by atoms with Crippen molar-refractivity contribution < 1.29 is 14.6 Å². The maximum absolute atomic E-state index is 11.0. The summed E-state index contributed by atoms with van der Waals surface area (Å²) in [5, 5.41) is 10.2. The predicted molar refractivity (Wildman–Crippen MR) is 66.9 cm³/mol. The standard InChI is InChI=1S/C13H12O3S/c1-16-8-2-3-9-10-4-7(13(14)15)5-11(10)17-12(9)6-8/h2-3,6-7H,4-5H2,1H3,(H,14,15). The molecule has 0 saturated carbocycles. The van der Waals surface area contributed by atoms with Gasteiger partial charge in [-0.15, -0.1) is 11.3 Å². The molecular weight excluding hydrogens is 236 g/mol. The molecule has 1 atom stereocenters. The van der Waals surface area contributed by atoms with Crippen molar-refractivity contribution in [1.29, 1.82) is 0 Å². The summed E-state index contributed by atoms with van der Waals surface area (Å²) in [7, 11) is 1.66. The van der Waals surface area contributed by atoms with E-state index in [4.69, 9.17) is 9.84 Å². The minimum absolute atomic E-state index is 0.234. The number of carboxylic acids is 1. The van der Waals surface area contributed by atoms with E-state index >= 15 is 0 Å². The Hall–Kier alpha value is -1.55. The topological polar surface area (TPSA) is 46.5 Å². The quantitative estimate of drug-likeness (QED) is 0.888. The van der Waals surface area contributed by atoms with Gasteiger partial charge in [-0.2, -0.15) is 0 Å². The van der Waals surface area contributed by atoms with Crippen LogP contribution in [0, 0.1) is 5.92 Å². The molecule has 2 aromatic rings. The molecule has 1 aliphatic rings. The van der Waals surface area contributed by atoms with Crippen molar-refractivity contribution in [3.63, 3.8) is 0 Å². The molecule has 4 heteroatoms. The third kappa shape index (κ3) is 1.60. The molecular formula is C13H12O3S. The predicted octanol–water partition coefficient (Wildman–Crippen LogP) is 2.71. The number of fused-ring (bicyclic) bond motifs is 3. The lowest BCUT2D eigenvalue weighted by Gasteiger charge is -2.02. The first-order valence-corrected chi connectivity index (χ1v) is 6.32. The van der Waals surface area contributed by atoms with Gasteiger partial charge in [0.1, 0.15) is 5.75 Å². The van der Waals surface area contributed by atoms with Gasteiger partial charge in [-0.3, -0.25) is 4.79 Å². The average Bonchev–Trinajstić information content (AvgIpc) is 2.84. The molecule has 0 amide bonds. The monoisotopic (exact) mass is 248 g/mol. The van der Waals surface area contributed by atoms with Gasteiger partial charge in [0.25, 0.3) is 0 Å². The number of ether oxygens (including phenoxy) is 1. The van der Waals surface area contributed by atoms with E-state index < -0.39 is 5.97 Å². The van der Waals surface area contributed by atoms with E-state index in [9.17, 15) is 4.79 Å². The number of thiophene rings is 1. The van der Waals surface area contributed by atoms with Crippen LogP contribution in [-0.4, -0.2) is 18.2 Å². The summed E-state index contributed by atoms with van der Waals surface area (Å²) in [5.41, 5.74) is 1.22. The Morgan fingerprint density at radius 3 is 3.00 bits per heavy atom. The first-order chi connectivity index (χ1) is 8.19. The molecule has 1 aromatic carbocycles. The van der Waals surface area contributed by atoms with E-state index in [2.05, 4.69) is 0 Å². The van der Waals surface area contributed by atoms with E-state index in [-0.39, 0.29) is 5.92 Å². The van der Waals surface area contributed by atoms with Gasteiger partial charge in [-0.1, -0.05) is 0 Å². The van der Waals surface area contributed by atoms with E-state index in [0.29, 0.717) is 12.8 Å². The van der Waals surface area contributed by atoms with Crippen LogP contribution in [0.4, 0.5) is 0 Å². The van der Waals surface area contributed by atoms with Crippen molar-refractivity contribution in [2.75, 3.05) is 7.11 Å². The third-order valence-corrected chi connectivity index (χ3v) is 4.53. The van der Waals surface area contributed by atoms with Crippen LogP contribution in [0.1, 0.15) is 10.4 Å². The molecule has 88 valence electrons. The van der Waals surface area contributed by atoms with Crippen LogP contribution >= 0.6 is 11.3 Å². The fourth-order valence-corrected chi connectivity index (χ4v) is 3.76. The summed E-state index contributed by atoms with van der Waals surface area (Å²) in [6.07, 6.45) is 1.34. The zero-order chi connectivity index (χ0) is 12.0. The number of rotatable bonds is 2. The van der Waals surface area contributed by atoms with Crippen LogP contribution in [0.25, 0.3) is 10.1 Å². The van der Waals surface area contributed by atoms with Crippen LogP contribution in [0.2, 0.25) is 0 Å². The highest BCUT2D eigenvalue weighted by Gasteiger charge is 2.30. The second-order valence-electron chi connectivity index (χ2n) is 4.31. The van der Waals surface area contributed by atoms with Crippen LogP contribution in [0.3, 0.4) is 0 Å². The number of carbonyl (C=O) groups is 1. The van der Waals surface area contributed by atoms with Crippen molar-refractivity contribution in [3.05, 3.63) is 28.6 Å². The lowest BCUT2D eigenvalue weighted by molar-refractivity contribution is -0.141. The Bertz CT molecular complexity index is 600. The highest BCUT2D eigenvalue weighted by atomic mass is 32.1. The Morgan fingerprint density at radius 1 is 1.47 bits per heavy atom. The Morgan fingerprint density at radius 2 is 2.29 bits per heavy atom. The summed E-state index contributed by atoms with van der Waals surface area (Å²) in [4.78, 5) is 12.2. The molecule has 17 heavy (non-hydrogen) atoms. The van der Waals surface area contributed by atoms with Crippen molar-refractivity contribution in [2.45, 2.75) is 12.8 Å². The van der Waals surface area contributed by atoms with Gasteiger partial charge in [0, 0.05) is 9.58 Å². The fraction of sp³-hybridized carbons (Fsp3) is 0.308. The summed E-state index contributed by atoms with van der Waals surface area (Å²) in [6.45, 7) is 0. The zero-order valence-electron chi connectivity index (χ0n) is 9.40. The Labute approximate surface area is 103 Å². The summed E-state index contributed by atoms with van der Waals surface area (Å²) >= 11 is 1.69. The third-order valence-electron chi connectivity index (χ3n) is 3.32. The van der Waals surface area contributed by atoms with Crippen molar-refractivity contribution in [1.82, 2.24) is 0 Å². The van der Waals surface area contributed by atoms with E-state index in [0.717, 1.165) is 5.75 Å². The largest absolute Gasteiger partial charge is 0.497 e.